The quantitative estimate of drug-likeness (QED) is 0.561. The molecule has 3 N–H and O–H groups in total. The van der Waals surface area contributed by atoms with E-state index in [1.807, 2.05) is 0 Å². The standard InChI is InChI=1S/C9H19NO2/c1-6(2)10-7-3-8(11)5-9(12)4-7/h6-12H,3-5H2,1-2H3. The van der Waals surface area contributed by atoms with Crippen LogP contribution in [0.1, 0.15) is 33.1 Å². The van der Waals surface area contributed by atoms with Gasteiger partial charge >= 0.3 is 0 Å². The zero-order valence-corrected chi connectivity index (χ0v) is 7.83. The summed E-state index contributed by atoms with van der Waals surface area (Å²) in [5.41, 5.74) is 0. The Morgan fingerprint density at radius 2 is 1.58 bits per heavy atom. The van der Waals surface area contributed by atoms with E-state index in [-0.39, 0.29) is 18.2 Å². The molecule has 1 saturated carbocycles. The fourth-order valence-corrected chi connectivity index (χ4v) is 1.87. The highest BCUT2D eigenvalue weighted by Crippen LogP contribution is 2.19. The van der Waals surface area contributed by atoms with Crippen molar-refractivity contribution in [2.75, 3.05) is 0 Å². The molecule has 1 aliphatic rings. The number of hydrogen-bond donors (Lipinski definition) is 3. The largest absolute Gasteiger partial charge is 0.393 e. The third kappa shape index (κ3) is 3.09. The molecule has 1 aliphatic carbocycles. The minimum absolute atomic E-state index is 0.281. The second kappa shape index (κ2) is 4.21. The van der Waals surface area contributed by atoms with Crippen LogP contribution in [0.3, 0.4) is 0 Å². The van der Waals surface area contributed by atoms with Gasteiger partial charge in [0, 0.05) is 12.1 Å². The van der Waals surface area contributed by atoms with E-state index in [0.717, 1.165) is 12.8 Å². The van der Waals surface area contributed by atoms with Gasteiger partial charge in [0.05, 0.1) is 12.2 Å². The molecule has 0 spiro atoms. The van der Waals surface area contributed by atoms with Gasteiger partial charge in [0.1, 0.15) is 0 Å². The molecule has 0 aliphatic heterocycles. The normalized spacial score (nSPS) is 37.2. The van der Waals surface area contributed by atoms with Gasteiger partial charge in [-0.15, -0.1) is 0 Å². The van der Waals surface area contributed by atoms with Crippen molar-refractivity contribution < 1.29 is 10.2 Å². The molecule has 1 rings (SSSR count). The lowest BCUT2D eigenvalue weighted by Gasteiger charge is -2.31. The van der Waals surface area contributed by atoms with Crippen molar-refractivity contribution in [3.05, 3.63) is 0 Å². The van der Waals surface area contributed by atoms with Crippen LogP contribution in [-0.4, -0.2) is 34.5 Å². The maximum Gasteiger partial charge on any atom is 0.0579 e. The van der Waals surface area contributed by atoms with Gasteiger partial charge < -0.3 is 15.5 Å². The molecule has 0 aromatic rings. The van der Waals surface area contributed by atoms with E-state index >= 15 is 0 Å². The van der Waals surface area contributed by atoms with E-state index in [1.54, 1.807) is 0 Å². The first-order valence-electron chi connectivity index (χ1n) is 4.70. The molecular weight excluding hydrogens is 154 g/mol. The van der Waals surface area contributed by atoms with Crippen LogP contribution in [0.2, 0.25) is 0 Å². The second-order valence-corrected chi connectivity index (χ2v) is 4.03. The molecule has 0 radical (unpaired) electrons. The van der Waals surface area contributed by atoms with Gasteiger partial charge in [-0.1, -0.05) is 13.8 Å². The van der Waals surface area contributed by atoms with E-state index in [9.17, 15) is 10.2 Å². The Morgan fingerprint density at radius 3 is 2.00 bits per heavy atom. The van der Waals surface area contributed by atoms with E-state index in [0.29, 0.717) is 12.5 Å². The summed E-state index contributed by atoms with van der Waals surface area (Å²) in [7, 11) is 0. The molecule has 72 valence electrons. The summed E-state index contributed by atoms with van der Waals surface area (Å²) in [4.78, 5) is 0. The predicted molar refractivity (Wildman–Crippen MR) is 47.9 cm³/mol. The van der Waals surface area contributed by atoms with Crippen molar-refractivity contribution in [1.29, 1.82) is 0 Å². The molecule has 0 bridgehead atoms. The Morgan fingerprint density at radius 1 is 1.08 bits per heavy atom. The topological polar surface area (TPSA) is 52.5 Å². The average molecular weight is 173 g/mol. The Labute approximate surface area is 73.8 Å². The number of aliphatic hydroxyl groups excluding tert-OH is 2. The highest BCUT2D eigenvalue weighted by atomic mass is 16.3. The van der Waals surface area contributed by atoms with Crippen LogP contribution in [0.5, 0.6) is 0 Å². The predicted octanol–water partition coefficient (Wildman–Crippen LogP) is 0.259. The fraction of sp³-hybridized carbons (Fsp3) is 1.00. The number of rotatable bonds is 2. The Kier molecular flexibility index (Phi) is 3.50. The third-order valence-electron chi connectivity index (χ3n) is 2.23. The first-order valence-corrected chi connectivity index (χ1v) is 4.70. The lowest BCUT2D eigenvalue weighted by atomic mass is 9.90. The molecule has 0 amide bonds. The van der Waals surface area contributed by atoms with Gasteiger partial charge in [-0.3, -0.25) is 0 Å². The average Bonchev–Trinajstić information content (AvgIpc) is 1.81. The first-order chi connectivity index (χ1) is 5.58. The third-order valence-corrected chi connectivity index (χ3v) is 2.23. The Hall–Kier alpha value is -0.120. The number of nitrogens with one attached hydrogen (secondary N) is 1. The first kappa shape index (κ1) is 9.96. The SMILES string of the molecule is CC(C)NC1CC(O)CC(O)C1. The zero-order chi connectivity index (χ0) is 9.14. The van der Waals surface area contributed by atoms with Gasteiger partial charge in [0.25, 0.3) is 0 Å². The van der Waals surface area contributed by atoms with E-state index < -0.39 is 0 Å². The van der Waals surface area contributed by atoms with Gasteiger partial charge in [0.15, 0.2) is 0 Å². The summed E-state index contributed by atoms with van der Waals surface area (Å²) < 4.78 is 0. The summed E-state index contributed by atoms with van der Waals surface area (Å²) >= 11 is 0. The van der Waals surface area contributed by atoms with Crippen molar-refractivity contribution >= 4 is 0 Å². The molecular formula is C9H19NO2. The van der Waals surface area contributed by atoms with Gasteiger partial charge in [-0.25, -0.2) is 0 Å². The monoisotopic (exact) mass is 173 g/mol. The lowest BCUT2D eigenvalue weighted by Crippen LogP contribution is -2.44. The summed E-state index contributed by atoms with van der Waals surface area (Å²) in [6.07, 6.45) is 1.43. The molecule has 3 nitrogen and oxygen atoms in total. The van der Waals surface area contributed by atoms with Crippen LogP contribution in [-0.2, 0) is 0 Å². The molecule has 1 fully saturated rings. The van der Waals surface area contributed by atoms with Gasteiger partial charge in [0.2, 0.25) is 0 Å². The smallest absolute Gasteiger partial charge is 0.0579 e. The van der Waals surface area contributed by atoms with Crippen molar-refractivity contribution in [2.45, 2.75) is 57.4 Å². The molecule has 0 saturated heterocycles. The summed E-state index contributed by atoms with van der Waals surface area (Å²) in [5, 5.41) is 22.0. The van der Waals surface area contributed by atoms with Crippen molar-refractivity contribution in [3.8, 4) is 0 Å². The number of hydrogen-bond acceptors (Lipinski definition) is 3. The molecule has 12 heavy (non-hydrogen) atoms. The maximum atomic E-state index is 9.36. The van der Waals surface area contributed by atoms with E-state index in [1.165, 1.54) is 0 Å². The van der Waals surface area contributed by atoms with Crippen LogP contribution in [0.15, 0.2) is 0 Å². The fourth-order valence-electron chi connectivity index (χ4n) is 1.87. The van der Waals surface area contributed by atoms with Gasteiger partial charge in [-0.05, 0) is 19.3 Å². The zero-order valence-electron chi connectivity index (χ0n) is 7.83. The molecule has 2 atom stereocenters. The summed E-state index contributed by atoms with van der Waals surface area (Å²) in [6, 6.07) is 0.705. The van der Waals surface area contributed by atoms with Crippen molar-refractivity contribution in [3.63, 3.8) is 0 Å². The molecule has 2 unspecified atom stereocenters. The van der Waals surface area contributed by atoms with Crippen LogP contribution < -0.4 is 5.32 Å². The Balaban J connectivity index is 2.34. The highest BCUT2D eigenvalue weighted by molar-refractivity contribution is 4.83. The molecule has 3 heteroatoms. The summed E-state index contributed by atoms with van der Waals surface area (Å²) in [6.45, 7) is 4.15. The van der Waals surface area contributed by atoms with Crippen molar-refractivity contribution in [2.24, 2.45) is 0 Å². The lowest BCUT2D eigenvalue weighted by molar-refractivity contribution is 0.0237. The van der Waals surface area contributed by atoms with Crippen LogP contribution in [0, 0.1) is 0 Å². The highest BCUT2D eigenvalue weighted by Gasteiger charge is 2.26. The van der Waals surface area contributed by atoms with E-state index in [4.69, 9.17) is 0 Å². The second-order valence-electron chi connectivity index (χ2n) is 4.03. The molecule has 0 aromatic heterocycles. The van der Waals surface area contributed by atoms with Crippen LogP contribution in [0.4, 0.5) is 0 Å². The maximum absolute atomic E-state index is 9.36. The van der Waals surface area contributed by atoms with E-state index in [2.05, 4.69) is 19.2 Å². The number of aliphatic hydroxyl groups is 2. The van der Waals surface area contributed by atoms with Crippen LogP contribution >= 0.6 is 0 Å². The van der Waals surface area contributed by atoms with Gasteiger partial charge in [-0.2, -0.15) is 0 Å². The van der Waals surface area contributed by atoms with Crippen molar-refractivity contribution in [1.82, 2.24) is 5.32 Å². The minimum Gasteiger partial charge on any atom is -0.393 e. The Bertz CT molecular complexity index is 126. The van der Waals surface area contributed by atoms with Crippen LogP contribution in [0.25, 0.3) is 0 Å². The minimum atomic E-state index is -0.329. The molecule has 0 aromatic carbocycles. The summed E-state index contributed by atoms with van der Waals surface area (Å²) in [5.74, 6) is 0. The molecule has 0 heterocycles.